The lowest BCUT2D eigenvalue weighted by Crippen LogP contribution is -2.19. The van der Waals surface area contributed by atoms with Gasteiger partial charge in [0.2, 0.25) is 0 Å². The molecule has 0 aliphatic heterocycles. The molecular weight excluding hydrogens is 240 g/mol. The summed E-state index contributed by atoms with van der Waals surface area (Å²) in [6, 6.07) is 10.4. The molecule has 1 N–H and O–H groups in total. The van der Waals surface area contributed by atoms with Crippen LogP contribution in [0.1, 0.15) is 36.4 Å². The highest BCUT2D eigenvalue weighted by molar-refractivity contribution is 5.29. The maximum Gasteiger partial charge on any atom is 0.150 e. The standard InChI is InChI=1S/C15H20N2O2/c1-4-15(12-5-7-13(18-3)8-6-12)16-10-14-9-11(2)17-19-14/h5-9,15-16H,4,10H2,1-3H3. The first kappa shape index (κ1) is 13.6. The lowest BCUT2D eigenvalue weighted by molar-refractivity contribution is 0.359. The van der Waals surface area contributed by atoms with E-state index in [4.69, 9.17) is 9.26 Å². The molecule has 1 aromatic heterocycles. The van der Waals surface area contributed by atoms with Crippen molar-refractivity contribution in [3.8, 4) is 5.75 Å². The van der Waals surface area contributed by atoms with Gasteiger partial charge in [0.25, 0.3) is 0 Å². The van der Waals surface area contributed by atoms with Gasteiger partial charge in [-0.05, 0) is 31.0 Å². The number of aryl methyl sites for hydroxylation is 1. The average Bonchev–Trinajstić information content (AvgIpc) is 2.86. The smallest absolute Gasteiger partial charge is 0.150 e. The van der Waals surface area contributed by atoms with Gasteiger partial charge in [-0.15, -0.1) is 0 Å². The van der Waals surface area contributed by atoms with Crippen molar-refractivity contribution in [3.05, 3.63) is 47.3 Å². The summed E-state index contributed by atoms with van der Waals surface area (Å²) in [5.41, 5.74) is 2.16. The monoisotopic (exact) mass is 260 g/mol. The van der Waals surface area contributed by atoms with Crippen LogP contribution in [0.25, 0.3) is 0 Å². The molecule has 0 saturated heterocycles. The Kier molecular flexibility index (Phi) is 4.58. The van der Waals surface area contributed by atoms with Crippen LogP contribution < -0.4 is 10.1 Å². The molecule has 0 saturated carbocycles. The number of rotatable bonds is 6. The Morgan fingerprint density at radius 2 is 2.05 bits per heavy atom. The molecule has 1 aromatic carbocycles. The van der Waals surface area contributed by atoms with Crippen molar-refractivity contribution in [1.29, 1.82) is 0 Å². The minimum absolute atomic E-state index is 0.302. The van der Waals surface area contributed by atoms with Crippen LogP contribution in [0.15, 0.2) is 34.9 Å². The van der Waals surface area contributed by atoms with Crippen LogP contribution >= 0.6 is 0 Å². The minimum atomic E-state index is 0.302. The van der Waals surface area contributed by atoms with E-state index in [1.807, 2.05) is 25.1 Å². The van der Waals surface area contributed by atoms with E-state index in [9.17, 15) is 0 Å². The van der Waals surface area contributed by atoms with Gasteiger partial charge in [-0.1, -0.05) is 24.2 Å². The predicted molar refractivity (Wildman–Crippen MR) is 74.1 cm³/mol. The van der Waals surface area contributed by atoms with Crippen molar-refractivity contribution < 1.29 is 9.26 Å². The highest BCUT2D eigenvalue weighted by Gasteiger charge is 2.10. The lowest BCUT2D eigenvalue weighted by Gasteiger charge is -2.16. The first-order chi connectivity index (χ1) is 9.22. The largest absolute Gasteiger partial charge is 0.497 e. The van der Waals surface area contributed by atoms with Crippen LogP contribution in [0.2, 0.25) is 0 Å². The zero-order valence-electron chi connectivity index (χ0n) is 11.6. The molecule has 2 rings (SSSR count). The van der Waals surface area contributed by atoms with E-state index in [0.29, 0.717) is 12.6 Å². The molecule has 1 atom stereocenters. The SMILES string of the molecule is CCC(NCc1cc(C)no1)c1ccc(OC)cc1. The normalized spacial score (nSPS) is 12.4. The second-order valence-corrected chi connectivity index (χ2v) is 4.55. The number of methoxy groups -OCH3 is 1. The lowest BCUT2D eigenvalue weighted by atomic mass is 10.0. The molecule has 2 aromatic rings. The Labute approximate surface area is 113 Å². The molecule has 19 heavy (non-hydrogen) atoms. The quantitative estimate of drug-likeness (QED) is 0.866. The molecule has 102 valence electrons. The van der Waals surface area contributed by atoms with Gasteiger partial charge in [-0.3, -0.25) is 0 Å². The predicted octanol–water partition coefficient (Wildman–Crippen LogP) is 3.23. The summed E-state index contributed by atoms with van der Waals surface area (Å²) in [7, 11) is 1.68. The third-order valence-corrected chi connectivity index (χ3v) is 3.13. The van der Waals surface area contributed by atoms with Gasteiger partial charge in [0.05, 0.1) is 19.3 Å². The maximum atomic E-state index is 5.20. The van der Waals surface area contributed by atoms with Crippen molar-refractivity contribution in [3.63, 3.8) is 0 Å². The first-order valence-corrected chi connectivity index (χ1v) is 6.52. The van der Waals surface area contributed by atoms with E-state index in [2.05, 4.69) is 29.5 Å². The van der Waals surface area contributed by atoms with E-state index >= 15 is 0 Å². The van der Waals surface area contributed by atoms with Crippen LogP contribution in [-0.2, 0) is 6.54 Å². The van der Waals surface area contributed by atoms with Gasteiger partial charge in [-0.2, -0.15) is 0 Å². The van der Waals surface area contributed by atoms with E-state index in [-0.39, 0.29) is 0 Å². The zero-order valence-corrected chi connectivity index (χ0v) is 11.6. The molecule has 0 bridgehead atoms. The molecule has 0 aliphatic carbocycles. The van der Waals surface area contributed by atoms with E-state index < -0.39 is 0 Å². The summed E-state index contributed by atoms with van der Waals surface area (Å²) in [6.07, 6.45) is 1.01. The first-order valence-electron chi connectivity index (χ1n) is 6.52. The molecule has 0 spiro atoms. The zero-order chi connectivity index (χ0) is 13.7. The van der Waals surface area contributed by atoms with Crippen LogP contribution in [0.4, 0.5) is 0 Å². The Morgan fingerprint density at radius 1 is 1.32 bits per heavy atom. The molecular formula is C15H20N2O2. The molecule has 0 radical (unpaired) electrons. The molecule has 1 unspecified atom stereocenters. The second kappa shape index (κ2) is 6.38. The number of benzene rings is 1. The Bertz CT molecular complexity index is 505. The molecule has 4 heteroatoms. The number of nitrogens with one attached hydrogen (secondary N) is 1. The summed E-state index contributed by atoms with van der Waals surface area (Å²) in [6.45, 7) is 4.77. The molecule has 0 amide bonds. The van der Waals surface area contributed by atoms with Crippen molar-refractivity contribution in [2.24, 2.45) is 0 Å². The fourth-order valence-electron chi connectivity index (χ4n) is 2.06. The fraction of sp³-hybridized carbons (Fsp3) is 0.400. The summed E-state index contributed by atoms with van der Waals surface area (Å²) >= 11 is 0. The molecule has 4 nitrogen and oxygen atoms in total. The number of aromatic nitrogens is 1. The third kappa shape index (κ3) is 3.58. The Balaban J connectivity index is 1.98. The third-order valence-electron chi connectivity index (χ3n) is 3.13. The fourth-order valence-corrected chi connectivity index (χ4v) is 2.06. The molecule has 0 aliphatic rings. The number of nitrogens with zero attached hydrogens (tertiary/aromatic N) is 1. The second-order valence-electron chi connectivity index (χ2n) is 4.55. The van der Waals surface area contributed by atoms with Gasteiger partial charge in [0.1, 0.15) is 5.75 Å². The Morgan fingerprint density at radius 3 is 2.58 bits per heavy atom. The highest BCUT2D eigenvalue weighted by atomic mass is 16.5. The van der Waals surface area contributed by atoms with Crippen molar-refractivity contribution in [2.45, 2.75) is 32.9 Å². The van der Waals surface area contributed by atoms with Crippen molar-refractivity contribution in [1.82, 2.24) is 10.5 Å². The van der Waals surface area contributed by atoms with Crippen molar-refractivity contribution in [2.75, 3.05) is 7.11 Å². The number of ether oxygens (including phenoxy) is 1. The summed E-state index contributed by atoms with van der Waals surface area (Å²) in [5, 5.41) is 7.36. The Hall–Kier alpha value is -1.81. The van der Waals surface area contributed by atoms with E-state index in [1.54, 1.807) is 7.11 Å². The van der Waals surface area contributed by atoms with Crippen LogP contribution in [-0.4, -0.2) is 12.3 Å². The van der Waals surface area contributed by atoms with Gasteiger partial charge >= 0.3 is 0 Å². The van der Waals surface area contributed by atoms with Gasteiger partial charge in [0, 0.05) is 12.1 Å². The maximum absolute atomic E-state index is 5.20. The summed E-state index contributed by atoms with van der Waals surface area (Å²) in [5.74, 6) is 1.74. The van der Waals surface area contributed by atoms with Gasteiger partial charge in [-0.25, -0.2) is 0 Å². The van der Waals surface area contributed by atoms with Crippen molar-refractivity contribution >= 4 is 0 Å². The average molecular weight is 260 g/mol. The van der Waals surface area contributed by atoms with Crippen LogP contribution in [0.5, 0.6) is 5.75 Å². The topological polar surface area (TPSA) is 47.3 Å². The number of hydrogen-bond donors (Lipinski definition) is 1. The minimum Gasteiger partial charge on any atom is -0.497 e. The van der Waals surface area contributed by atoms with E-state index in [1.165, 1.54) is 5.56 Å². The van der Waals surface area contributed by atoms with Gasteiger partial charge < -0.3 is 14.6 Å². The van der Waals surface area contributed by atoms with Crippen LogP contribution in [0, 0.1) is 6.92 Å². The van der Waals surface area contributed by atoms with E-state index in [0.717, 1.165) is 23.6 Å². The summed E-state index contributed by atoms with van der Waals surface area (Å²) < 4.78 is 10.4. The van der Waals surface area contributed by atoms with Gasteiger partial charge in [0.15, 0.2) is 5.76 Å². The summed E-state index contributed by atoms with van der Waals surface area (Å²) in [4.78, 5) is 0. The molecule has 1 heterocycles. The van der Waals surface area contributed by atoms with Crippen LogP contribution in [0.3, 0.4) is 0 Å². The highest BCUT2D eigenvalue weighted by Crippen LogP contribution is 2.20. The number of hydrogen-bond acceptors (Lipinski definition) is 4. The molecule has 0 fully saturated rings.